The van der Waals surface area contributed by atoms with Crippen molar-refractivity contribution in [2.45, 2.75) is 46.6 Å². The Kier molecular flexibility index (Phi) is 5.95. The molecule has 2 aromatic carbocycles. The smallest absolute Gasteiger partial charge is 0.281 e. The Labute approximate surface area is 187 Å². The minimum atomic E-state index is -0.433. The van der Waals surface area contributed by atoms with E-state index < -0.39 is 6.04 Å². The number of amides is 1. The fraction of sp³-hybridized carbons (Fsp3) is 0.269. The summed E-state index contributed by atoms with van der Waals surface area (Å²) < 4.78 is 3.39. The van der Waals surface area contributed by atoms with Crippen LogP contribution < -0.4 is 10.9 Å². The van der Waals surface area contributed by atoms with Crippen molar-refractivity contribution >= 4 is 22.4 Å². The van der Waals surface area contributed by atoms with Gasteiger partial charge in [0.05, 0.1) is 17.3 Å². The molecule has 6 nitrogen and oxygen atoms in total. The first-order valence-corrected chi connectivity index (χ1v) is 11.0. The standard InChI is InChI=1S/C26H28N4O2/c1-5-19-12-10-11-15-22(19)28-25(31)23(6-2)29-17(3)21-16-27-30(20-13-8-7-9-14-20)26(32)24(21)18(29)4/h7-16,23H,5-6H2,1-4H3,(H,28,31)/t23-/m1/s1. The summed E-state index contributed by atoms with van der Waals surface area (Å²) in [7, 11) is 0. The summed E-state index contributed by atoms with van der Waals surface area (Å²) in [5, 5.41) is 8.88. The van der Waals surface area contributed by atoms with E-state index in [2.05, 4.69) is 17.3 Å². The number of carbonyl (C=O) groups excluding carboxylic acids is 1. The molecule has 0 fully saturated rings. The van der Waals surface area contributed by atoms with Crippen LogP contribution in [0.3, 0.4) is 0 Å². The SMILES string of the molecule is CCc1ccccc1NC(=O)[C@@H](CC)n1c(C)c2cnn(-c3ccccc3)c(=O)c2c1C. The van der Waals surface area contributed by atoms with Crippen molar-refractivity contribution in [2.24, 2.45) is 0 Å². The van der Waals surface area contributed by atoms with E-state index in [-0.39, 0.29) is 11.5 Å². The Bertz CT molecular complexity index is 1340. The van der Waals surface area contributed by atoms with Crippen LogP contribution in [0.2, 0.25) is 0 Å². The van der Waals surface area contributed by atoms with Gasteiger partial charge in [-0.3, -0.25) is 9.59 Å². The van der Waals surface area contributed by atoms with Crippen molar-refractivity contribution in [3.8, 4) is 5.69 Å². The summed E-state index contributed by atoms with van der Waals surface area (Å²) in [5.74, 6) is -0.0868. The number of para-hydroxylation sites is 2. The van der Waals surface area contributed by atoms with Gasteiger partial charge in [0.25, 0.3) is 5.56 Å². The third kappa shape index (κ3) is 3.62. The molecule has 4 rings (SSSR count). The van der Waals surface area contributed by atoms with Crippen LogP contribution in [-0.2, 0) is 11.2 Å². The number of benzene rings is 2. The number of hydrogen-bond acceptors (Lipinski definition) is 3. The highest BCUT2D eigenvalue weighted by Gasteiger charge is 2.26. The molecule has 2 heterocycles. The quantitative estimate of drug-likeness (QED) is 0.472. The first kappa shape index (κ1) is 21.6. The average molecular weight is 429 g/mol. The fourth-order valence-electron chi connectivity index (χ4n) is 4.45. The monoisotopic (exact) mass is 428 g/mol. The minimum Gasteiger partial charge on any atom is -0.335 e. The maximum absolute atomic E-state index is 13.4. The average Bonchev–Trinajstić information content (AvgIpc) is 3.06. The van der Waals surface area contributed by atoms with Crippen LogP contribution in [0.25, 0.3) is 16.5 Å². The van der Waals surface area contributed by atoms with Gasteiger partial charge in [-0.05, 0) is 50.5 Å². The Morgan fingerprint density at radius 1 is 1.00 bits per heavy atom. The van der Waals surface area contributed by atoms with Gasteiger partial charge in [-0.25, -0.2) is 0 Å². The van der Waals surface area contributed by atoms with Gasteiger partial charge >= 0.3 is 0 Å². The molecular formula is C26H28N4O2. The summed E-state index contributed by atoms with van der Waals surface area (Å²) in [6.07, 6.45) is 3.16. The molecule has 0 saturated carbocycles. The fourth-order valence-corrected chi connectivity index (χ4v) is 4.45. The van der Waals surface area contributed by atoms with E-state index in [9.17, 15) is 9.59 Å². The van der Waals surface area contributed by atoms with Crippen LogP contribution in [0.5, 0.6) is 0 Å². The van der Waals surface area contributed by atoms with Crippen LogP contribution in [0, 0.1) is 13.8 Å². The number of nitrogens with zero attached hydrogens (tertiary/aromatic N) is 3. The van der Waals surface area contributed by atoms with Gasteiger partial charge in [-0.2, -0.15) is 9.78 Å². The van der Waals surface area contributed by atoms with Crippen molar-refractivity contribution in [1.82, 2.24) is 14.3 Å². The lowest BCUT2D eigenvalue weighted by atomic mass is 10.1. The second kappa shape index (κ2) is 8.83. The Morgan fingerprint density at radius 3 is 2.38 bits per heavy atom. The van der Waals surface area contributed by atoms with Gasteiger partial charge in [0.2, 0.25) is 5.91 Å². The van der Waals surface area contributed by atoms with Crippen molar-refractivity contribution in [1.29, 1.82) is 0 Å². The normalized spacial score (nSPS) is 12.1. The molecule has 32 heavy (non-hydrogen) atoms. The summed E-state index contributed by atoms with van der Waals surface area (Å²) >= 11 is 0. The largest absolute Gasteiger partial charge is 0.335 e. The third-order valence-electron chi connectivity index (χ3n) is 6.11. The van der Waals surface area contributed by atoms with Crippen LogP contribution in [0.15, 0.2) is 65.6 Å². The summed E-state index contributed by atoms with van der Waals surface area (Å²) in [5.41, 5.74) is 4.11. The Morgan fingerprint density at radius 2 is 1.69 bits per heavy atom. The maximum Gasteiger partial charge on any atom is 0.281 e. The predicted octanol–water partition coefficient (Wildman–Crippen LogP) is 4.96. The molecule has 6 heteroatoms. The van der Waals surface area contributed by atoms with E-state index in [4.69, 9.17) is 0 Å². The van der Waals surface area contributed by atoms with Gasteiger partial charge in [0.1, 0.15) is 6.04 Å². The van der Waals surface area contributed by atoms with E-state index in [1.165, 1.54) is 4.68 Å². The Balaban J connectivity index is 1.80. The molecule has 4 aromatic rings. The lowest BCUT2D eigenvalue weighted by Crippen LogP contribution is -2.27. The number of hydrogen-bond donors (Lipinski definition) is 1. The molecular weight excluding hydrogens is 400 g/mol. The number of aryl methyl sites for hydroxylation is 3. The molecule has 1 atom stereocenters. The number of aromatic nitrogens is 3. The molecule has 0 spiro atoms. The van der Waals surface area contributed by atoms with Crippen molar-refractivity contribution < 1.29 is 4.79 Å². The number of fused-ring (bicyclic) bond motifs is 1. The lowest BCUT2D eigenvalue weighted by molar-refractivity contribution is -0.119. The number of anilines is 1. The van der Waals surface area contributed by atoms with E-state index in [1.807, 2.05) is 79.9 Å². The highest BCUT2D eigenvalue weighted by molar-refractivity contribution is 5.96. The number of carbonyl (C=O) groups is 1. The van der Waals surface area contributed by atoms with Crippen LogP contribution in [-0.4, -0.2) is 20.3 Å². The van der Waals surface area contributed by atoms with E-state index in [0.29, 0.717) is 17.5 Å². The zero-order valence-electron chi connectivity index (χ0n) is 18.9. The summed E-state index contributed by atoms with van der Waals surface area (Å²) in [6, 6.07) is 16.8. The highest BCUT2D eigenvalue weighted by atomic mass is 16.2. The summed E-state index contributed by atoms with van der Waals surface area (Å²) in [6.45, 7) is 7.90. The van der Waals surface area contributed by atoms with Gasteiger partial charge in [-0.15, -0.1) is 0 Å². The number of nitrogens with one attached hydrogen (secondary N) is 1. The molecule has 1 amide bonds. The first-order valence-electron chi connectivity index (χ1n) is 11.0. The Hall–Kier alpha value is -3.67. The van der Waals surface area contributed by atoms with Crippen LogP contribution >= 0.6 is 0 Å². The van der Waals surface area contributed by atoms with Crippen molar-refractivity contribution in [3.63, 3.8) is 0 Å². The van der Waals surface area contributed by atoms with E-state index in [0.717, 1.165) is 34.4 Å². The van der Waals surface area contributed by atoms with Crippen LogP contribution in [0.1, 0.15) is 43.3 Å². The molecule has 2 aromatic heterocycles. The minimum absolute atomic E-state index is 0.0868. The summed E-state index contributed by atoms with van der Waals surface area (Å²) in [4.78, 5) is 26.7. The molecule has 0 unspecified atom stereocenters. The zero-order valence-corrected chi connectivity index (χ0v) is 18.9. The van der Waals surface area contributed by atoms with Crippen molar-refractivity contribution in [2.75, 3.05) is 5.32 Å². The topological polar surface area (TPSA) is 68.9 Å². The lowest BCUT2D eigenvalue weighted by Gasteiger charge is -2.21. The predicted molar refractivity (Wildman–Crippen MR) is 129 cm³/mol. The third-order valence-corrected chi connectivity index (χ3v) is 6.11. The van der Waals surface area contributed by atoms with E-state index in [1.54, 1.807) is 6.20 Å². The van der Waals surface area contributed by atoms with Crippen LogP contribution in [0.4, 0.5) is 5.69 Å². The van der Waals surface area contributed by atoms with E-state index >= 15 is 0 Å². The van der Waals surface area contributed by atoms with Gasteiger partial charge in [0.15, 0.2) is 0 Å². The first-order chi connectivity index (χ1) is 15.5. The second-order valence-corrected chi connectivity index (χ2v) is 7.95. The van der Waals surface area contributed by atoms with Gasteiger partial charge in [0, 0.05) is 22.5 Å². The highest BCUT2D eigenvalue weighted by Crippen LogP contribution is 2.29. The van der Waals surface area contributed by atoms with Gasteiger partial charge < -0.3 is 9.88 Å². The van der Waals surface area contributed by atoms with Gasteiger partial charge in [-0.1, -0.05) is 50.2 Å². The maximum atomic E-state index is 13.4. The number of rotatable bonds is 6. The molecule has 0 radical (unpaired) electrons. The molecule has 0 aliphatic carbocycles. The van der Waals surface area contributed by atoms with Crippen molar-refractivity contribution in [3.05, 3.63) is 88.1 Å². The second-order valence-electron chi connectivity index (χ2n) is 7.95. The molecule has 1 N–H and O–H groups in total. The zero-order chi connectivity index (χ0) is 22.8. The molecule has 0 aliphatic heterocycles. The molecule has 0 saturated heterocycles. The molecule has 0 bridgehead atoms. The molecule has 164 valence electrons. The molecule has 0 aliphatic rings.